The molecule has 5 rings (SSSR count). The molecule has 6 nitrogen and oxygen atoms in total. The Labute approximate surface area is 238 Å². The summed E-state index contributed by atoms with van der Waals surface area (Å²) in [5, 5.41) is 26.2. The number of piperidine rings is 1. The van der Waals surface area contributed by atoms with Gasteiger partial charge in [0, 0.05) is 35.8 Å². The summed E-state index contributed by atoms with van der Waals surface area (Å²) in [5.74, 6) is -3.25. The van der Waals surface area contributed by atoms with Gasteiger partial charge in [-0.1, -0.05) is 78.9 Å². The highest BCUT2D eigenvalue weighted by Crippen LogP contribution is 2.32. The predicted octanol–water partition coefficient (Wildman–Crippen LogP) is 5.94. The first kappa shape index (κ1) is 31.3. The average molecular weight is 576 g/mol. The van der Waals surface area contributed by atoms with Crippen LogP contribution in [0.3, 0.4) is 0 Å². The molecule has 3 aromatic carbocycles. The number of aliphatic carboxylic acids is 2. The number of halogens is 2. The van der Waals surface area contributed by atoms with Gasteiger partial charge in [-0.15, -0.1) is 36.2 Å². The summed E-state index contributed by atoms with van der Waals surface area (Å²) < 4.78 is 1.38. The second-order valence-corrected chi connectivity index (χ2v) is 9.75. The number of benzene rings is 3. The van der Waals surface area contributed by atoms with Crippen molar-refractivity contribution in [3.8, 4) is 0 Å². The molecular weight excluding hydrogens is 543 g/mol. The molecule has 0 amide bonds. The van der Waals surface area contributed by atoms with E-state index in [9.17, 15) is 0 Å². The second-order valence-electron chi connectivity index (χ2n) is 8.84. The standard InChI is InChI=1S/C27H28N2S.C2H2O4.2ClH/c1-3-9-20(10-4-1)27(21-11-5-2-6-12-21)25-16-15-23(18-29-25)28-17-22-19-30-26-14-8-7-13-24(22)26;3-1(4)2(5)6;;/h1-14,19,23,25,27-29H,15-18H2;(H,3,4)(H,5,6);2*1H/t23-,25-;;;/m1.../s1. The first-order valence-electron chi connectivity index (χ1n) is 12.0. The van der Waals surface area contributed by atoms with Crippen molar-refractivity contribution in [1.29, 1.82) is 0 Å². The second kappa shape index (κ2) is 15.5. The molecule has 202 valence electrons. The fourth-order valence-electron chi connectivity index (χ4n) is 4.74. The Morgan fingerprint density at radius 1 is 0.842 bits per heavy atom. The molecule has 1 aromatic heterocycles. The first-order chi connectivity index (χ1) is 17.5. The number of carboxylic acid groups (broad SMARTS) is 2. The van der Waals surface area contributed by atoms with Crippen LogP contribution in [0.1, 0.15) is 35.4 Å². The van der Waals surface area contributed by atoms with Crippen molar-refractivity contribution < 1.29 is 19.8 Å². The first-order valence-corrected chi connectivity index (χ1v) is 12.9. The summed E-state index contributed by atoms with van der Waals surface area (Å²) in [4.78, 5) is 18.2. The van der Waals surface area contributed by atoms with E-state index in [0.29, 0.717) is 18.0 Å². The third-order valence-corrected chi connectivity index (χ3v) is 7.51. The van der Waals surface area contributed by atoms with Crippen LogP contribution in [-0.2, 0) is 16.1 Å². The molecule has 0 spiro atoms. The van der Waals surface area contributed by atoms with Gasteiger partial charge >= 0.3 is 11.9 Å². The molecule has 9 heteroatoms. The van der Waals surface area contributed by atoms with E-state index in [-0.39, 0.29) is 24.8 Å². The minimum Gasteiger partial charge on any atom is -0.473 e. The molecule has 2 heterocycles. The SMILES string of the molecule is Cl.Cl.O=C(O)C(=O)O.c1ccc(C(c2ccccc2)[C@H]2CC[C@@H](NCc3csc4ccccc34)CN2)cc1. The number of hydrogen-bond donors (Lipinski definition) is 4. The lowest BCUT2D eigenvalue weighted by Gasteiger charge is -2.36. The zero-order chi connectivity index (χ0) is 25.3. The van der Waals surface area contributed by atoms with Crippen molar-refractivity contribution in [3.63, 3.8) is 0 Å². The van der Waals surface area contributed by atoms with Crippen LogP contribution in [0.5, 0.6) is 0 Å². The monoisotopic (exact) mass is 574 g/mol. The smallest absolute Gasteiger partial charge is 0.414 e. The van der Waals surface area contributed by atoms with Gasteiger partial charge in [0.1, 0.15) is 0 Å². The zero-order valence-corrected chi connectivity index (χ0v) is 23.1. The third-order valence-electron chi connectivity index (χ3n) is 6.50. The van der Waals surface area contributed by atoms with Crippen LogP contribution < -0.4 is 10.6 Å². The summed E-state index contributed by atoms with van der Waals surface area (Å²) in [6, 6.07) is 31.6. The normalized spacial score (nSPS) is 16.4. The van der Waals surface area contributed by atoms with Gasteiger partial charge in [-0.25, -0.2) is 9.59 Å². The van der Waals surface area contributed by atoms with Crippen molar-refractivity contribution in [2.45, 2.75) is 37.4 Å². The minimum atomic E-state index is -1.82. The Hall–Kier alpha value is -2.94. The van der Waals surface area contributed by atoms with Crippen LogP contribution in [0, 0.1) is 0 Å². The van der Waals surface area contributed by atoms with Gasteiger partial charge < -0.3 is 20.8 Å². The van der Waals surface area contributed by atoms with Gasteiger partial charge in [-0.3, -0.25) is 0 Å². The lowest BCUT2D eigenvalue weighted by molar-refractivity contribution is -0.159. The van der Waals surface area contributed by atoms with E-state index < -0.39 is 11.9 Å². The lowest BCUT2D eigenvalue weighted by atomic mass is 9.81. The molecule has 1 saturated heterocycles. The number of fused-ring (bicyclic) bond motifs is 1. The van der Waals surface area contributed by atoms with Crippen molar-refractivity contribution in [2.24, 2.45) is 0 Å². The van der Waals surface area contributed by atoms with Gasteiger partial charge in [0.2, 0.25) is 0 Å². The quantitative estimate of drug-likeness (QED) is 0.213. The number of carbonyl (C=O) groups is 2. The summed E-state index contributed by atoms with van der Waals surface area (Å²) in [6.45, 7) is 1.96. The van der Waals surface area contributed by atoms with Crippen molar-refractivity contribution in [2.75, 3.05) is 6.54 Å². The van der Waals surface area contributed by atoms with Gasteiger partial charge in [0.05, 0.1) is 0 Å². The molecule has 0 radical (unpaired) electrons. The highest BCUT2D eigenvalue weighted by molar-refractivity contribution is 7.17. The molecule has 2 atom stereocenters. The number of nitrogens with one attached hydrogen (secondary N) is 2. The third kappa shape index (κ3) is 8.28. The minimum absolute atomic E-state index is 0. The van der Waals surface area contributed by atoms with E-state index >= 15 is 0 Å². The van der Waals surface area contributed by atoms with Crippen LogP contribution in [0.25, 0.3) is 10.1 Å². The predicted molar refractivity (Wildman–Crippen MR) is 158 cm³/mol. The molecule has 1 aliphatic rings. The van der Waals surface area contributed by atoms with Gasteiger partial charge in [0.25, 0.3) is 0 Å². The Bertz CT molecular complexity index is 1230. The number of hydrogen-bond acceptors (Lipinski definition) is 5. The molecule has 1 fully saturated rings. The molecule has 4 N–H and O–H groups in total. The fraction of sp³-hybridized carbons (Fsp3) is 0.241. The average Bonchev–Trinajstić information content (AvgIpc) is 3.33. The highest BCUT2D eigenvalue weighted by atomic mass is 35.5. The maximum atomic E-state index is 9.10. The van der Waals surface area contributed by atoms with Crippen LogP contribution >= 0.6 is 36.2 Å². The van der Waals surface area contributed by atoms with E-state index in [1.807, 2.05) is 11.3 Å². The van der Waals surface area contributed by atoms with Crippen molar-refractivity contribution in [1.82, 2.24) is 10.6 Å². The van der Waals surface area contributed by atoms with Crippen LogP contribution in [0.15, 0.2) is 90.3 Å². The molecule has 4 aromatic rings. The van der Waals surface area contributed by atoms with E-state index in [4.69, 9.17) is 19.8 Å². The van der Waals surface area contributed by atoms with E-state index in [1.54, 1.807) is 0 Å². The van der Waals surface area contributed by atoms with Gasteiger partial charge in [-0.05, 0) is 46.4 Å². The molecular formula is C29H32Cl2N2O4S. The molecule has 0 unspecified atom stereocenters. The molecule has 0 aliphatic carbocycles. The summed E-state index contributed by atoms with van der Waals surface area (Å²) in [7, 11) is 0. The van der Waals surface area contributed by atoms with E-state index in [1.165, 1.54) is 39.6 Å². The molecule has 0 bridgehead atoms. The largest absolute Gasteiger partial charge is 0.473 e. The number of thiophene rings is 1. The Kier molecular flexibility index (Phi) is 12.7. The van der Waals surface area contributed by atoms with Crippen LogP contribution in [-0.4, -0.2) is 40.8 Å². The zero-order valence-electron chi connectivity index (χ0n) is 20.7. The maximum Gasteiger partial charge on any atom is 0.414 e. The topological polar surface area (TPSA) is 98.7 Å². The highest BCUT2D eigenvalue weighted by Gasteiger charge is 2.29. The van der Waals surface area contributed by atoms with E-state index in [0.717, 1.165) is 13.1 Å². The Balaban J connectivity index is 0.000000573. The number of carboxylic acids is 2. The van der Waals surface area contributed by atoms with Gasteiger partial charge in [-0.2, -0.15) is 0 Å². The van der Waals surface area contributed by atoms with Crippen LogP contribution in [0.4, 0.5) is 0 Å². The summed E-state index contributed by atoms with van der Waals surface area (Å²) in [5.41, 5.74) is 4.22. The summed E-state index contributed by atoms with van der Waals surface area (Å²) in [6.07, 6.45) is 2.38. The van der Waals surface area contributed by atoms with Gasteiger partial charge in [0.15, 0.2) is 0 Å². The van der Waals surface area contributed by atoms with Crippen molar-refractivity contribution in [3.05, 3.63) is 107 Å². The molecule has 1 aliphatic heterocycles. The fourth-order valence-corrected chi connectivity index (χ4v) is 5.70. The van der Waals surface area contributed by atoms with E-state index in [2.05, 4.69) is 101 Å². The lowest BCUT2D eigenvalue weighted by Crippen LogP contribution is -2.49. The summed E-state index contributed by atoms with van der Waals surface area (Å²) >= 11 is 1.84. The maximum absolute atomic E-state index is 9.10. The molecule has 38 heavy (non-hydrogen) atoms. The van der Waals surface area contributed by atoms with Crippen molar-refractivity contribution >= 4 is 58.2 Å². The van der Waals surface area contributed by atoms with Crippen LogP contribution in [0.2, 0.25) is 0 Å². The number of rotatable bonds is 6. The Morgan fingerprint density at radius 3 is 1.92 bits per heavy atom. The molecule has 0 saturated carbocycles. The Morgan fingerprint density at radius 2 is 1.39 bits per heavy atom.